The van der Waals surface area contributed by atoms with E-state index in [1.54, 1.807) is 0 Å². The van der Waals surface area contributed by atoms with Crippen molar-refractivity contribution in [2.75, 3.05) is 19.6 Å². The van der Waals surface area contributed by atoms with Gasteiger partial charge in [-0.2, -0.15) is 0 Å². The largest absolute Gasteiger partial charge is 0.341 e. The number of carbonyl (C=O) groups is 1. The minimum absolute atomic E-state index is 0.220. The first-order valence-corrected chi connectivity index (χ1v) is 7.72. The highest BCUT2D eigenvalue weighted by Gasteiger charge is 2.42. The number of amides is 1. The van der Waals surface area contributed by atoms with Crippen LogP contribution in [0.2, 0.25) is 0 Å². The van der Waals surface area contributed by atoms with Crippen LogP contribution in [0.5, 0.6) is 0 Å². The minimum Gasteiger partial charge on any atom is -0.341 e. The fourth-order valence-corrected chi connectivity index (χ4v) is 3.50. The summed E-state index contributed by atoms with van der Waals surface area (Å²) in [5.41, 5.74) is -0.220. The summed E-state index contributed by atoms with van der Waals surface area (Å²) in [6.07, 6.45) is 7.89. The summed E-state index contributed by atoms with van der Waals surface area (Å²) in [5.74, 6) is 1.16. The summed E-state index contributed by atoms with van der Waals surface area (Å²) >= 11 is 0. The second-order valence-corrected chi connectivity index (χ2v) is 6.19. The van der Waals surface area contributed by atoms with E-state index in [1.807, 2.05) is 0 Å². The Morgan fingerprint density at radius 1 is 1.33 bits per heavy atom. The third kappa shape index (κ3) is 2.87. The van der Waals surface area contributed by atoms with Gasteiger partial charge >= 0.3 is 0 Å². The topological polar surface area (TPSA) is 32.3 Å². The zero-order valence-electron chi connectivity index (χ0n) is 12.0. The molecule has 0 radical (unpaired) electrons. The maximum Gasteiger partial charge on any atom is 0.242 e. The quantitative estimate of drug-likeness (QED) is 0.837. The number of rotatable bonds is 3. The number of carbonyl (C=O) groups excluding carboxylic acids is 1. The van der Waals surface area contributed by atoms with Crippen molar-refractivity contribution in [2.24, 2.45) is 5.92 Å². The number of likely N-dealkylation sites (tertiary alicyclic amines) is 1. The Morgan fingerprint density at radius 3 is 2.83 bits per heavy atom. The molecule has 18 heavy (non-hydrogen) atoms. The van der Waals surface area contributed by atoms with Gasteiger partial charge in [0.1, 0.15) is 0 Å². The third-order valence-corrected chi connectivity index (χ3v) is 4.63. The van der Waals surface area contributed by atoms with Crippen molar-refractivity contribution in [2.45, 2.75) is 64.3 Å². The lowest BCUT2D eigenvalue weighted by molar-refractivity contribution is -0.138. The zero-order valence-corrected chi connectivity index (χ0v) is 12.0. The summed E-state index contributed by atoms with van der Waals surface area (Å²) in [5, 5.41) is 3.51. The Bertz CT molecular complexity index is 284. The molecule has 2 heterocycles. The molecule has 104 valence electrons. The second kappa shape index (κ2) is 6.05. The predicted octanol–water partition coefficient (Wildman–Crippen LogP) is 2.56. The fraction of sp³-hybridized carbons (Fsp3) is 0.933. The highest BCUT2D eigenvalue weighted by Crippen LogP contribution is 2.28. The van der Waals surface area contributed by atoms with Crippen LogP contribution in [-0.2, 0) is 4.79 Å². The van der Waals surface area contributed by atoms with Crippen LogP contribution in [-0.4, -0.2) is 36.0 Å². The van der Waals surface area contributed by atoms with E-state index in [4.69, 9.17) is 0 Å². The SMILES string of the molecule is CCCC1(C(=O)N2CCCC(C)CC2)CCCN1. The molecule has 0 aliphatic carbocycles. The van der Waals surface area contributed by atoms with Crippen molar-refractivity contribution >= 4 is 5.91 Å². The molecule has 1 amide bonds. The smallest absolute Gasteiger partial charge is 0.242 e. The van der Waals surface area contributed by atoms with Gasteiger partial charge in [0.2, 0.25) is 5.91 Å². The molecule has 0 spiro atoms. The van der Waals surface area contributed by atoms with Crippen LogP contribution < -0.4 is 5.32 Å². The monoisotopic (exact) mass is 252 g/mol. The van der Waals surface area contributed by atoms with Gasteiger partial charge in [-0.3, -0.25) is 4.79 Å². The summed E-state index contributed by atoms with van der Waals surface area (Å²) in [7, 11) is 0. The molecule has 0 aromatic heterocycles. The first kappa shape index (κ1) is 13.9. The van der Waals surface area contributed by atoms with E-state index in [9.17, 15) is 4.79 Å². The van der Waals surface area contributed by atoms with E-state index in [-0.39, 0.29) is 5.54 Å². The number of nitrogens with one attached hydrogen (secondary N) is 1. The van der Waals surface area contributed by atoms with Crippen LogP contribution in [0.3, 0.4) is 0 Å². The normalized spacial score (nSPS) is 33.4. The molecule has 0 saturated carbocycles. The minimum atomic E-state index is -0.220. The molecule has 2 saturated heterocycles. The summed E-state index contributed by atoms with van der Waals surface area (Å²) < 4.78 is 0. The van der Waals surface area contributed by atoms with Gasteiger partial charge < -0.3 is 10.2 Å². The van der Waals surface area contributed by atoms with Crippen LogP contribution in [0.25, 0.3) is 0 Å². The summed E-state index contributed by atoms with van der Waals surface area (Å²) in [6.45, 7) is 7.43. The van der Waals surface area contributed by atoms with Crippen molar-refractivity contribution in [3.8, 4) is 0 Å². The van der Waals surface area contributed by atoms with Crippen LogP contribution in [0.4, 0.5) is 0 Å². The average molecular weight is 252 g/mol. The molecule has 1 N–H and O–H groups in total. The van der Waals surface area contributed by atoms with Gasteiger partial charge in [0, 0.05) is 13.1 Å². The van der Waals surface area contributed by atoms with Crippen LogP contribution in [0.1, 0.15) is 58.8 Å². The molecule has 2 aliphatic heterocycles. The van der Waals surface area contributed by atoms with E-state index in [0.717, 1.165) is 51.2 Å². The van der Waals surface area contributed by atoms with Gasteiger partial charge in [-0.05, 0) is 51.0 Å². The molecule has 0 aromatic carbocycles. The molecular formula is C15H28N2O. The molecule has 2 fully saturated rings. The van der Waals surface area contributed by atoms with Gasteiger partial charge in [0.15, 0.2) is 0 Å². The van der Waals surface area contributed by atoms with Crippen LogP contribution in [0.15, 0.2) is 0 Å². The molecule has 0 bridgehead atoms. The Hall–Kier alpha value is -0.570. The Kier molecular flexibility index (Phi) is 4.66. The van der Waals surface area contributed by atoms with Gasteiger partial charge in [0.05, 0.1) is 5.54 Å². The van der Waals surface area contributed by atoms with Crippen molar-refractivity contribution in [3.63, 3.8) is 0 Å². The van der Waals surface area contributed by atoms with E-state index in [2.05, 4.69) is 24.1 Å². The predicted molar refractivity (Wildman–Crippen MR) is 74.5 cm³/mol. The van der Waals surface area contributed by atoms with Crippen molar-refractivity contribution in [1.82, 2.24) is 10.2 Å². The highest BCUT2D eigenvalue weighted by molar-refractivity contribution is 5.86. The Morgan fingerprint density at radius 2 is 2.17 bits per heavy atom. The maximum absolute atomic E-state index is 12.8. The molecule has 3 nitrogen and oxygen atoms in total. The van der Waals surface area contributed by atoms with Crippen molar-refractivity contribution < 1.29 is 4.79 Å². The van der Waals surface area contributed by atoms with Gasteiger partial charge in [0.25, 0.3) is 0 Å². The molecule has 0 aromatic rings. The molecule has 2 rings (SSSR count). The Balaban J connectivity index is 2.03. The Labute approximate surface area is 111 Å². The first-order valence-electron chi connectivity index (χ1n) is 7.72. The lowest BCUT2D eigenvalue weighted by Crippen LogP contribution is -2.55. The van der Waals surface area contributed by atoms with Gasteiger partial charge in [-0.15, -0.1) is 0 Å². The maximum atomic E-state index is 12.8. The molecule has 2 aliphatic rings. The fourth-order valence-electron chi connectivity index (χ4n) is 3.50. The zero-order chi connectivity index (χ0) is 13.0. The molecule has 3 heteroatoms. The number of hydrogen-bond donors (Lipinski definition) is 1. The van der Waals surface area contributed by atoms with E-state index in [0.29, 0.717) is 5.91 Å². The van der Waals surface area contributed by atoms with Crippen molar-refractivity contribution in [3.05, 3.63) is 0 Å². The first-order chi connectivity index (χ1) is 8.68. The van der Waals surface area contributed by atoms with Gasteiger partial charge in [-0.25, -0.2) is 0 Å². The number of nitrogens with zero attached hydrogens (tertiary/aromatic N) is 1. The second-order valence-electron chi connectivity index (χ2n) is 6.19. The lowest BCUT2D eigenvalue weighted by atomic mass is 9.90. The standard InChI is InChI=1S/C15H28N2O/c1-3-8-15(9-5-10-16-15)14(18)17-11-4-6-13(2)7-12-17/h13,16H,3-12H2,1-2H3. The summed E-state index contributed by atoms with van der Waals surface area (Å²) in [4.78, 5) is 15.0. The average Bonchev–Trinajstić information content (AvgIpc) is 2.72. The van der Waals surface area contributed by atoms with Crippen molar-refractivity contribution in [1.29, 1.82) is 0 Å². The third-order valence-electron chi connectivity index (χ3n) is 4.63. The molecule has 2 atom stereocenters. The van der Waals surface area contributed by atoms with Crippen LogP contribution >= 0.6 is 0 Å². The molecule has 2 unspecified atom stereocenters. The molecular weight excluding hydrogens is 224 g/mol. The highest BCUT2D eigenvalue weighted by atomic mass is 16.2. The van der Waals surface area contributed by atoms with E-state index in [1.165, 1.54) is 19.3 Å². The van der Waals surface area contributed by atoms with E-state index < -0.39 is 0 Å². The van der Waals surface area contributed by atoms with E-state index >= 15 is 0 Å². The summed E-state index contributed by atoms with van der Waals surface area (Å²) in [6, 6.07) is 0. The lowest BCUT2D eigenvalue weighted by Gasteiger charge is -2.34. The van der Waals surface area contributed by atoms with Gasteiger partial charge in [-0.1, -0.05) is 20.3 Å². The number of hydrogen-bond acceptors (Lipinski definition) is 2. The van der Waals surface area contributed by atoms with Crippen LogP contribution in [0, 0.1) is 5.92 Å².